The van der Waals surface area contributed by atoms with Gasteiger partial charge in [0, 0.05) is 29.1 Å². The third-order valence-electron chi connectivity index (χ3n) is 3.41. The molecule has 1 heterocycles. The highest BCUT2D eigenvalue weighted by molar-refractivity contribution is 9.10. The van der Waals surface area contributed by atoms with E-state index >= 15 is 0 Å². The molecular formula is C13H15BrClNO2. The molecule has 1 fully saturated rings. The van der Waals surface area contributed by atoms with E-state index in [2.05, 4.69) is 20.8 Å². The number of rotatable bonds is 3. The first kappa shape index (κ1) is 13.8. The summed E-state index contributed by atoms with van der Waals surface area (Å²) in [7, 11) is 0. The summed E-state index contributed by atoms with van der Waals surface area (Å²) in [5.74, 6) is -0.775. The topological polar surface area (TPSA) is 40.5 Å². The number of hydrogen-bond donors (Lipinski definition) is 1. The van der Waals surface area contributed by atoms with E-state index in [0.717, 1.165) is 21.6 Å². The van der Waals surface area contributed by atoms with Crippen LogP contribution in [0.15, 0.2) is 22.7 Å². The SMILES string of the molecule is CC1CN(Cc2ccc(Br)cc2Cl)CC1C(=O)O. The van der Waals surface area contributed by atoms with Crippen LogP contribution in [0, 0.1) is 11.8 Å². The van der Waals surface area contributed by atoms with Gasteiger partial charge in [0.1, 0.15) is 0 Å². The molecule has 2 atom stereocenters. The van der Waals surface area contributed by atoms with Gasteiger partial charge in [-0.15, -0.1) is 0 Å². The summed E-state index contributed by atoms with van der Waals surface area (Å²) in [5, 5.41) is 9.82. The quantitative estimate of drug-likeness (QED) is 0.923. The lowest BCUT2D eigenvalue weighted by Gasteiger charge is -2.16. The number of carboxylic acid groups (broad SMARTS) is 1. The molecular weight excluding hydrogens is 318 g/mol. The first-order valence-corrected chi connectivity index (χ1v) is 7.03. The van der Waals surface area contributed by atoms with Gasteiger partial charge in [0.15, 0.2) is 0 Å². The summed E-state index contributed by atoms with van der Waals surface area (Å²) in [6, 6.07) is 5.80. The van der Waals surface area contributed by atoms with Crippen LogP contribution in [-0.2, 0) is 11.3 Å². The summed E-state index contributed by atoms with van der Waals surface area (Å²) in [6.45, 7) is 4.11. The van der Waals surface area contributed by atoms with Gasteiger partial charge in [-0.2, -0.15) is 0 Å². The Balaban J connectivity index is 2.05. The van der Waals surface area contributed by atoms with Gasteiger partial charge in [0.25, 0.3) is 0 Å². The molecule has 1 aliphatic heterocycles. The lowest BCUT2D eigenvalue weighted by molar-refractivity contribution is -0.142. The highest BCUT2D eigenvalue weighted by Gasteiger charge is 2.34. The Morgan fingerprint density at radius 1 is 1.56 bits per heavy atom. The van der Waals surface area contributed by atoms with Crippen LogP contribution in [0.25, 0.3) is 0 Å². The molecule has 98 valence electrons. The molecule has 0 spiro atoms. The van der Waals surface area contributed by atoms with E-state index in [9.17, 15) is 4.79 Å². The molecule has 2 rings (SSSR count). The Hall–Kier alpha value is -0.580. The number of aliphatic carboxylic acids is 1. The van der Waals surface area contributed by atoms with Crippen molar-refractivity contribution in [3.63, 3.8) is 0 Å². The summed E-state index contributed by atoms with van der Waals surface area (Å²) >= 11 is 9.54. The number of halogens is 2. The predicted molar refractivity (Wildman–Crippen MR) is 74.7 cm³/mol. The Morgan fingerprint density at radius 2 is 2.28 bits per heavy atom. The molecule has 1 aromatic rings. The van der Waals surface area contributed by atoms with Gasteiger partial charge < -0.3 is 5.11 Å². The first-order valence-electron chi connectivity index (χ1n) is 5.86. The molecule has 1 saturated heterocycles. The maximum absolute atomic E-state index is 11.1. The second-order valence-electron chi connectivity index (χ2n) is 4.85. The largest absolute Gasteiger partial charge is 0.481 e. The molecule has 0 radical (unpaired) electrons. The Bertz CT molecular complexity index is 466. The minimum atomic E-state index is -0.702. The summed E-state index contributed by atoms with van der Waals surface area (Å²) in [6.07, 6.45) is 0. The van der Waals surface area contributed by atoms with E-state index in [-0.39, 0.29) is 11.8 Å². The van der Waals surface area contributed by atoms with Crippen LogP contribution in [0.2, 0.25) is 5.02 Å². The number of carbonyl (C=O) groups is 1. The van der Waals surface area contributed by atoms with E-state index in [1.807, 2.05) is 25.1 Å². The molecule has 1 N–H and O–H groups in total. The third-order valence-corrected chi connectivity index (χ3v) is 4.26. The number of benzene rings is 1. The third kappa shape index (κ3) is 3.05. The van der Waals surface area contributed by atoms with Crippen LogP contribution < -0.4 is 0 Å². The lowest BCUT2D eigenvalue weighted by atomic mass is 9.99. The van der Waals surface area contributed by atoms with Crippen molar-refractivity contribution < 1.29 is 9.90 Å². The molecule has 1 aliphatic rings. The van der Waals surface area contributed by atoms with Crippen molar-refractivity contribution in [1.82, 2.24) is 4.90 Å². The maximum Gasteiger partial charge on any atom is 0.308 e. The molecule has 1 aromatic carbocycles. The highest BCUT2D eigenvalue weighted by atomic mass is 79.9. The van der Waals surface area contributed by atoms with E-state index < -0.39 is 5.97 Å². The van der Waals surface area contributed by atoms with Crippen LogP contribution in [0.1, 0.15) is 12.5 Å². The van der Waals surface area contributed by atoms with Crippen LogP contribution in [0.4, 0.5) is 0 Å². The summed E-state index contributed by atoms with van der Waals surface area (Å²) < 4.78 is 0.953. The van der Waals surface area contributed by atoms with E-state index in [0.29, 0.717) is 13.1 Å². The van der Waals surface area contributed by atoms with Crippen molar-refractivity contribution in [1.29, 1.82) is 0 Å². The smallest absolute Gasteiger partial charge is 0.308 e. The van der Waals surface area contributed by atoms with Crippen LogP contribution in [0.3, 0.4) is 0 Å². The van der Waals surface area contributed by atoms with Gasteiger partial charge in [0.2, 0.25) is 0 Å². The molecule has 18 heavy (non-hydrogen) atoms. The van der Waals surface area contributed by atoms with Crippen LogP contribution in [0.5, 0.6) is 0 Å². The van der Waals surface area contributed by atoms with Crippen LogP contribution >= 0.6 is 27.5 Å². The van der Waals surface area contributed by atoms with Crippen molar-refractivity contribution in [2.45, 2.75) is 13.5 Å². The minimum Gasteiger partial charge on any atom is -0.481 e. The lowest BCUT2D eigenvalue weighted by Crippen LogP contribution is -2.23. The van der Waals surface area contributed by atoms with Gasteiger partial charge in [-0.1, -0.05) is 40.5 Å². The number of likely N-dealkylation sites (tertiary alicyclic amines) is 1. The molecule has 0 amide bonds. The van der Waals surface area contributed by atoms with Crippen molar-refractivity contribution in [3.8, 4) is 0 Å². The predicted octanol–water partition coefficient (Wildman–Crippen LogP) is 3.26. The molecule has 0 saturated carbocycles. The standard InChI is InChI=1S/C13H15BrClNO2/c1-8-5-16(7-11(8)13(17)18)6-9-2-3-10(14)4-12(9)15/h2-4,8,11H,5-7H2,1H3,(H,17,18). The van der Waals surface area contributed by atoms with Crippen molar-refractivity contribution in [2.24, 2.45) is 11.8 Å². The Morgan fingerprint density at radius 3 is 2.83 bits per heavy atom. The first-order chi connectivity index (χ1) is 8.47. The van der Waals surface area contributed by atoms with E-state index in [1.165, 1.54) is 0 Å². The van der Waals surface area contributed by atoms with Crippen molar-refractivity contribution in [2.75, 3.05) is 13.1 Å². The second-order valence-corrected chi connectivity index (χ2v) is 6.17. The zero-order valence-electron chi connectivity index (χ0n) is 10.1. The molecule has 0 aliphatic carbocycles. The van der Waals surface area contributed by atoms with Gasteiger partial charge in [-0.25, -0.2) is 0 Å². The number of carboxylic acids is 1. The minimum absolute atomic E-state index is 0.191. The summed E-state index contributed by atoms with van der Waals surface area (Å²) in [5.41, 5.74) is 1.04. The average Bonchev–Trinajstić information content (AvgIpc) is 2.64. The van der Waals surface area contributed by atoms with Gasteiger partial charge >= 0.3 is 5.97 Å². The fraction of sp³-hybridized carbons (Fsp3) is 0.462. The fourth-order valence-corrected chi connectivity index (χ4v) is 3.14. The molecule has 2 unspecified atom stereocenters. The van der Waals surface area contributed by atoms with Crippen molar-refractivity contribution >= 4 is 33.5 Å². The number of nitrogens with zero attached hydrogens (tertiary/aromatic N) is 1. The zero-order chi connectivity index (χ0) is 13.3. The summed E-state index contributed by atoms with van der Waals surface area (Å²) in [4.78, 5) is 13.2. The van der Waals surface area contributed by atoms with Crippen molar-refractivity contribution in [3.05, 3.63) is 33.3 Å². The highest BCUT2D eigenvalue weighted by Crippen LogP contribution is 2.27. The average molecular weight is 333 g/mol. The zero-order valence-corrected chi connectivity index (χ0v) is 12.4. The Kier molecular flexibility index (Phi) is 4.30. The number of hydrogen-bond acceptors (Lipinski definition) is 2. The van der Waals surface area contributed by atoms with Gasteiger partial charge in [-0.3, -0.25) is 9.69 Å². The molecule has 5 heteroatoms. The molecule has 3 nitrogen and oxygen atoms in total. The fourth-order valence-electron chi connectivity index (χ4n) is 2.41. The maximum atomic E-state index is 11.1. The second kappa shape index (κ2) is 5.59. The monoisotopic (exact) mass is 331 g/mol. The van der Waals surface area contributed by atoms with Gasteiger partial charge in [0.05, 0.1) is 5.92 Å². The normalized spacial score (nSPS) is 24.4. The Labute approximate surface area is 120 Å². The van der Waals surface area contributed by atoms with E-state index in [1.54, 1.807) is 0 Å². The van der Waals surface area contributed by atoms with Gasteiger partial charge in [-0.05, 0) is 23.6 Å². The molecule has 0 bridgehead atoms. The van der Waals surface area contributed by atoms with E-state index in [4.69, 9.17) is 16.7 Å². The van der Waals surface area contributed by atoms with Crippen LogP contribution in [-0.4, -0.2) is 29.1 Å². The molecule has 0 aromatic heterocycles.